The van der Waals surface area contributed by atoms with Crippen LogP contribution in [0.3, 0.4) is 0 Å². The second kappa shape index (κ2) is 9.49. The Balaban J connectivity index is 1.67. The third-order valence-corrected chi connectivity index (χ3v) is 5.91. The van der Waals surface area contributed by atoms with Crippen molar-refractivity contribution in [2.75, 3.05) is 16.8 Å². The van der Waals surface area contributed by atoms with E-state index in [1.807, 2.05) is 35.0 Å². The lowest BCUT2D eigenvalue weighted by molar-refractivity contribution is -0.113. The number of aryl methyl sites for hydroxylation is 2. The van der Waals surface area contributed by atoms with Crippen molar-refractivity contribution in [3.63, 3.8) is 0 Å². The molecule has 7 heteroatoms. The summed E-state index contributed by atoms with van der Waals surface area (Å²) in [7, 11) is 0. The number of para-hydroxylation sites is 1. The summed E-state index contributed by atoms with van der Waals surface area (Å²) in [6.45, 7) is 4.14. The monoisotopic (exact) mass is 408 g/mol. The van der Waals surface area contributed by atoms with Crippen LogP contribution in [0.15, 0.2) is 64.9 Å². The minimum atomic E-state index is -0.106. The van der Waals surface area contributed by atoms with Crippen LogP contribution in [0.2, 0.25) is 0 Å². The van der Waals surface area contributed by atoms with Gasteiger partial charge in [-0.2, -0.15) is 5.26 Å². The number of anilines is 1. The van der Waals surface area contributed by atoms with Gasteiger partial charge in [-0.25, -0.2) is 4.98 Å². The molecule has 0 spiro atoms. The molecule has 3 rings (SSSR count). The molecule has 1 amide bonds. The number of imidazole rings is 1. The molecular weight excluding hydrogens is 388 g/mol. The summed E-state index contributed by atoms with van der Waals surface area (Å²) >= 11 is 2.80. The highest BCUT2D eigenvalue weighted by Crippen LogP contribution is 2.27. The van der Waals surface area contributed by atoms with Gasteiger partial charge in [-0.1, -0.05) is 41.6 Å². The largest absolute Gasteiger partial charge is 0.324 e. The summed E-state index contributed by atoms with van der Waals surface area (Å²) in [6, 6.07) is 15.9. The first-order valence-corrected chi connectivity index (χ1v) is 10.7. The quantitative estimate of drug-likeness (QED) is 0.567. The second-order valence-electron chi connectivity index (χ2n) is 6.15. The Kier molecular flexibility index (Phi) is 6.80. The van der Waals surface area contributed by atoms with E-state index in [2.05, 4.69) is 48.4 Å². The molecule has 1 aromatic heterocycles. The van der Waals surface area contributed by atoms with E-state index in [1.165, 1.54) is 29.1 Å². The zero-order valence-corrected chi connectivity index (χ0v) is 17.3. The maximum Gasteiger partial charge on any atom is 0.234 e. The van der Waals surface area contributed by atoms with Gasteiger partial charge in [0.05, 0.1) is 28.9 Å². The van der Waals surface area contributed by atoms with E-state index in [-0.39, 0.29) is 11.7 Å². The third-order valence-electron chi connectivity index (χ3n) is 4.00. The van der Waals surface area contributed by atoms with Crippen molar-refractivity contribution in [2.45, 2.75) is 23.9 Å². The van der Waals surface area contributed by atoms with E-state index in [0.29, 0.717) is 5.75 Å². The molecular formula is C21H20N4OS2. The van der Waals surface area contributed by atoms with E-state index in [4.69, 9.17) is 5.26 Å². The average Bonchev–Trinajstić information content (AvgIpc) is 3.14. The minimum absolute atomic E-state index is 0.106. The van der Waals surface area contributed by atoms with Crippen LogP contribution in [0.25, 0.3) is 5.69 Å². The maximum atomic E-state index is 12.4. The molecule has 5 nitrogen and oxygen atoms in total. The predicted molar refractivity (Wildman–Crippen MR) is 115 cm³/mol. The van der Waals surface area contributed by atoms with Gasteiger partial charge >= 0.3 is 0 Å². The average molecular weight is 409 g/mol. The molecule has 28 heavy (non-hydrogen) atoms. The summed E-state index contributed by atoms with van der Waals surface area (Å²) in [5, 5.41) is 12.5. The number of carbonyl (C=O) groups excluding carboxylic acids is 1. The normalized spacial score (nSPS) is 10.5. The van der Waals surface area contributed by atoms with Crippen molar-refractivity contribution in [2.24, 2.45) is 0 Å². The van der Waals surface area contributed by atoms with Crippen molar-refractivity contribution in [1.29, 1.82) is 5.26 Å². The first-order chi connectivity index (χ1) is 13.6. The van der Waals surface area contributed by atoms with Crippen molar-refractivity contribution in [3.8, 4) is 11.8 Å². The number of rotatable bonds is 7. The van der Waals surface area contributed by atoms with Gasteiger partial charge in [0.25, 0.3) is 0 Å². The number of thioether (sulfide) groups is 2. The summed E-state index contributed by atoms with van der Waals surface area (Å²) in [5.74, 6) is 0.485. The zero-order valence-electron chi connectivity index (χ0n) is 15.7. The van der Waals surface area contributed by atoms with E-state index >= 15 is 0 Å². The van der Waals surface area contributed by atoms with Gasteiger partial charge in [0.2, 0.25) is 5.91 Å². The Labute approximate surface area is 173 Å². The van der Waals surface area contributed by atoms with Gasteiger partial charge in [0.15, 0.2) is 5.16 Å². The number of amides is 1. The molecule has 0 saturated heterocycles. The second-order valence-corrected chi connectivity index (χ2v) is 8.11. The molecule has 0 saturated carbocycles. The summed E-state index contributed by atoms with van der Waals surface area (Å²) < 4.78 is 2.00. The molecule has 2 aromatic carbocycles. The number of hydrogen-bond donors (Lipinski definition) is 1. The van der Waals surface area contributed by atoms with E-state index in [1.54, 1.807) is 6.20 Å². The van der Waals surface area contributed by atoms with Crippen LogP contribution in [-0.4, -0.2) is 27.0 Å². The number of aromatic nitrogens is 2. The number of benzene rings is 2. The molecule has 3 aromatic rings. The van der Waals surface area contributed by atoms with Crippen LogP contribution in [0.4, 0.5) is 5.69 Å². The number of hydrogen-bond acceptors (Lipinski definition) is 5. The lowest BCUT2D eigenvalue weighted by Gasteiger charge is -2.12. The van der Waals surface area contributed by atoms with Crippen LogP contribution < -0.4 is 5.32 Å². The van der Waals surface area contributed by atoms with Crippen molar-refractivity contribution in [3.05, 3.63) is 66.0 Å². The molecule has 0 fully saturated rings. The fraction of sp³-hybridized carbons (Fsp3) is 0.190. The van der Waals surface area contributed by atoms with E-state index in [0.717, 1.165) is 27.0 Å². The maximum absolute atomic E-state index is 12.4. The number of carbonyl (C=O) groups is 1. The number of nitrogens with one attached hydrogen (secondary N) is 1. The first-order valence-electron chi connectivity index (χ1n) is 8.71. The van der Waals surface area contributed by atoms with Gasteiger partial charge < -0.3 is 5.32 Å². The molecule has 0 radical (unpaired) electrons. The Morgan fingerprint density at radius 2 is 2.04 bits per heavy atom. The van der Waals surface area contributed by atoms with Crippen molar-refractivity contribution >= 4 is 35.1 Å². The fourth-order valence-corrected chi connectivity index (χ4v) is 4.21. The van der Waals surface area contributed by atoms with Crippen LogP contribution in [0, 0.1) is 25.2 Å². The lowest BCUT2D eigenvalue weighted by Crippen LogP contribution is -2.15. The van der Waals surface area contributed by atoms with Gasteiger partial charge in [-0.15, -0.1) is 11.8 Å². The Bertz CT molecular complexity index is 1020. The molecule has 1 N–H and O–H groups in total. The van der Waals surface area contributed by atoms with Crippen LogP contribution in [0.1, 0.15) is 11.1 Å². The number of nitrogens with zero attached hydrogens (tertiary/aromatic N) is 3. The molecule has 0 bridgehead atoms. The minimum Gasteiger partial charge on any atom is -0.324 e. The predicted octanol–water partition coefficient (Wildman–Crippen LogP) is 4.84. The smallest absolute Gasteiger partial charge is 0.234 e. The zero-order chi connectivity index (χ0) is 19.9. The molecule has 0 unspecified atom stereocenters. The molecule has 0 aliphatic heterocycles. The fourth-order valence-electron chi connectivity index (χ4n) is 2.78. The molecule has 1 heterocycles. The van der Waals surface area contributed by atoms with E-state index < -0.39 is 0 Å². The summed E-state index contributed by atoms with van der Waals surface area (Å²) in [4.78, 5) is 17.7. The molecule has 0 aliphatic carbocycles. The van der Waals surface area contributed by atoms with Crippen LogP contribution in [-0.2, 0) is 4.79 Å². The SMILES string of the molecule is Cc1ccc(-n2ccnc2SCC(=O)Nc2ccccc2SCC#N)c(C)c1. The lowest BCUT2D eigenvalue weighted by atomic mass is 10.1. The molecule has 142 valence electrons. The molecule has 0 aliphatic rings. The Morgan fingerprint density at radius 3 is 2.82 bits per heavy atom. The highest BCUT2D eigenvalue weighted by molar-refractivity contribution is 8.00. The third kappa shape index (κ3) is 4.97. The Morgan fingerprint density at radius 1 is 1.21 bits per heavy atom. The van der Waals surface area contributed by atoms with Gasteiger partial charge in [-0.3, -0.25) is 9.36 Å². The summed E-state index contributed by atoms with van der Waals surface area (Å²) in [5.41, 5.74) is 4.16. The van der Waals surface area contributed by atoms with Gasteiger partial charge in [-0.05, 0) is 37.6 Å². The number of nitriles is 1. The Hall–Kier alpha value is -2.69. The van der Waals surface area contributed by atoms with Crippen LogP contribution >= 0.6 is 23.5 Å². The van der Waals surface area contributed by atoms with Crippen LogP contribution in [0.5, 0.6) is 0 Å². The first kappa shape index (κ1) is 20.1. The van der Waals surface area contributed by atoms with Crippen molar-refractivity contribution < 1.29 is 4.79 Å². The van der Waals surface area contributed by atoms with E-state index in [9.17, 15) is 4.79 Å². The summed E-state index contributed by atoms with van der Waals surface area (Å²) in [6.07, 6.45) is 3.65. The van der Waals surface area contributed by atoms with Gasteiger partial charge in [0.1, 0.15) is 0 Å². The molecule has 0 atom stereocenters. The highest BCUT2D eigenvalue weighted by Gasteiger charge is 2.12. The van der Waals surface area contributed by atoms with Gasteiger partial charge in [0, 0.05) is 17.3 Å². The topological polar surface area (TPSA) is 70.7 Å². The standard InChI is InChI=1S/C21H20N4OS2/c1-15-7-8-18(16(2)13-15)25-11-10-23-21(25)28-14-20(26)24-17-5-3-4-6-19(17)27-12-9-22/h3-8,10-11,13H,12,14H2,1-2H3,(H,24,26). The highest BCUT2D eigenvalue weighted by atomic mass is 32.2. The van der Waals surface area contributed by atoms with Crippen molar-refractivity contribution in [1.82, 2.24) is 9.55 Å².